The number of Topliss-reactive ketones (excluding diaryl/α,β-unsaturated/α-hetero) is 1. The maximum atomic E-state index is 13.1. The lowest BCUT2D eigenvalue weighted by molar-refractivity contribution is -0.117. The molecular formula is C24H15Cl5FNO2. The molecule has 0 unspecified atom stereocenters. The zero-order chi connectivity index (χ0) is 23.9. The van der Waals surface area contributed by atoms with E-state index < -0.39 is 22.1 Å². The molecule has 9 heteroatoms. The second kappa shape index (κ2) is 9.44. The topological polar surface area (TPSA) is 46.2 Å². The fourth-order valence-corrected chi connectivity index (χ4v) is 5.05. The maximum absolute atomic E-state index is 13.1. The average Bonchev–Trinajstić information content (AvgIpc) is 3.35. The number of hydrogen-bond donors (Lipinski definition) is 1. The molecule has 1 fully saturated rings. The first kappa shape index (κ1) is 24.3. The third-order valence-electron chi connectivity index (χ3n) is 5.45. The molecule has 3 nitrogen and oxygen atoms in total. The van der Waals surface area contributed by atoms with Crippen LogP contribution in [0.1, 0.15) is 27.4 Å². The largest absolute Gasteiger partial charge is 0.326 e. The van der Waals surface area contributed by atoms with Crippen molar-refractivity contribution in [2.45, 2.75) is 16.7 Å². The lowest BCUT2D eigenvalue weighted by Crippen LogP contribution is -2.17. The average molecular weight is 546 g/mol. The van der Waals surface area contributed by atoms with E-state index in [1.54, 1.807) is 24.3 Å². The number of halogens is 6. The van der Waals surface area contributed by atoms with Crippen molar-refractivity contribution in [1.82, 2.24) is 0 Å². The van der Waals surface area contributed by atoms with Crippen LogP contribution >= 0.6 is 58.0 Å². The predicted molar refractivity (Wildman–Crippen MR) is 132 cm³/mol. The number of benzene rings is 3. The molecule has 0 aliphatic heterocycles. The van der Waals surface area contributed by atoms with Gasteiger partial charge in [-0.15, -0.1) is 23.2 Å². The SMILES string of the molecule is O=C(Cc1ccc(F)cc1)c1cc(NC(=O)[C@H]2[C@H](c3ccc(Cl)c(Cl)c3)C2(Cl)Cl)ccc1Cl. The molecule has 3 aromatic rings. The van der Waals surface area contributed by atoms with Crippen LogP contribution < -0.4 is 5.32 Å². The quantitative estimate of drug-likeness (QED) is 0.254. The monoisotopic (exact) mass is 543 g/mol. The third-order valence-corrected chi connectivity index (χ3v) is 7.46. The van der Waals surface area contributed by atoms with Crippen molar-refractivity contribution < 1.29 is 14.0 Å². The van der Waals surface area contributed by atoms with Crippen LogP contribution in [-0.2, 0) is 11.2 Å². The summed E-state index contributed by atoms with van der Waals surface area (Å²) in [6.07, 6.45) is 0.0336. The summed E-state index contributed by atoms with van der Waals surface area (Å²) in [6.45, 7) is 0. The minimum Gasteiger partial charge on any atom is -0.326 e. The van der Waals surface area contributed by atoms with Gasteiger partial charge in [0.2, 0.25) is 5.91 Å². The summed E-state index contributed by atoms with van der Waals surface area (Å²) in [5, 5.41) is 3.72. The molecule has 3 aromatic carbocycles. The van der Waals surface area contributed by atoms with Crippen molar-refractivity contribution in [2.24, 2.45) is 5.92 Å². The summed E-state index contributed by atoms with van der Waals surface area (Å²) in [5.74, 6) is -2.26. The number of hydrogen-bond acceptors (Lipinski definition) is 2. The highest BCUT2D eigenvalue weighted by Crippen LogP contribution is 2.65. The van der Waals surface area contributed by atoms with Gasteiger partial charge in [0.25, 0.3) is 0 Å². The smallest absolute Gasteiger partial charge is 0.231 e. The minimum absolute atomic E-state index is 0.0336. The summed E-state index contributed by atoms with van der Waals surface area (Å²) >= 11 is 31.0. The van der Waals surface area contributed by atoms with E-state index in [2.05, 4.69) is 5.32 Å². The van der Waals surface area contributed by atoms with Crippen LogP contribution in [-0.4, -0.2) is 16.0 Å². The van der Waals surface area contributed by atoms with Crippen molar-refractivity contribution in [3.05, 3.63) is 98.2 Å². The Morgan fingerprint density at radius 3 is 2.21 bits per heavy atom. The minimum atomic E-state index is -1.31. The highest BCUT2D eigenvalue weighted by molar-refractivity contribution is 6.53. The Bertz CT molecular complexity index is 1250. The van der Waals surface area contributed by atoms with Crippen LogP contribution in [0.25, 0.3) is 0 Å². The van der Waals surface area contributed by atoms with Crippen LogP contribution in [0.3, 0.4) is 0 Å². The van der Waals surface area contributed by atoms with Gasteiger partial charge in [-0.3, -0.25) is 9.59 Å². The van der Waals surface area contributed by atoms with Crippen molar-refractivity contribution in [1.29, 1.82) is 0 Å². The molecule has 0 bridgehead atoms. The summed E-state index contributed by atoms with van der Waals surface area (Å²) in [7, 11) is 0. The van der Waals surface area contributed by atoms with E-state index in [0.717, 1.165) is 0 Å². The predicted octanol–water partition coefficient (Wildman–Crippen LogP) is 7.74. The van der Waals surface area contributed by atoms with E-state index in [0.29, 0.717) is 26.9 Å². The zero-order valence-corrected chi connectivity index (χ0v) is 20.5. The van der Waals surface area contributed by atoms with Gasteiger partial charge in [0.05, 0.1) is 21.0 Å². The van der Waals surface area contributed by atoms with Gasteiger partial charge in [0.1, 0.15) is 10.2 Å². The summed E-state index contributed by atoms with van der Waals surface area (Å²) in [6, 6.07) is 15.2. The Labute approximate surface area is 214 Å². The molecule has 170 valence electrons. The van der Waals surface area contributed by atoms with Crippen molar-refractivity contribution in [3.63, 3.8) is 0 Å². The Morgan fingerprint density at radius 1 is 0.879 bits per heavy atom. The highest BCUT2D eigenvalue weighted by atomic mass is 35.5. The molecule has 1 aliphatic carbocycles. The first-order chi connectivity index (χ1) is 15.6. The molecule has 4 rings (SSSR count). The highest BCUT2D eigenvalue weighted by Gasteiger charge is 2.67. The lowest BCUT2D eigenvalue weighted by Gasteiger charge is -2.09. The first-order valence-corrected chi connectivity index (χ1v) is 11.7. The fourth-order valence-electron chi connectivity index (χ4n) is 3.69. The zero-order valence-electron chi connectivity index (χ0n) is 16.7. The van der Waals surface area contributed by atoms with Crippen molar-refractivity contribution in [2.75, 3.05) is 5.32 Å². The summed E-state index contributed by atoms with van der Waals surface area (Å²) in [4.78, 5) is 25.7. The summed E-state index contributed by atoms with van der Waals surface area (Å²) < 4.78 is 11.8. The Kier molecular flexibility index (Phi) is 6.95. The first-order valence-electron chi connectivity index (χ1n) is 9.78. The van der Waals surface area contributed by atoms with E-state index in [4.69, 9.17) is 58.0 Å². The maximum Gasteiger partial charge on any atom is 0.231 e. The molecule has 1 amide bonds. The van der Waals surface area contributed by atoms with E-state index >= 15 is 0 Å². The van der Waals surface area contributed by atoms with Gasteiger partial charge in [-0.1, -0.05) is 53.0 Å². The van der Waals surface area contributed by atoms with Gasteiger partial charge in [-0.25, -0.2) is 4.39 Å². The van der Waals surface area contributed by atoms with Crippen LogP contribution in [0.4, 0.5) is 10.1 Å². The van der Waals surface area contributed by atoms with E-state index in [1.165, 1.54) is 36.4 Å². The number of carbonyl (C=O) groups is 2. The van der Waals surface area contributed by atoms with E-state index in [1.807, 2.05) is 0 Å². The Balaban J connectivity index is 1.50. The number of alkyl halides is 2. The molecule has 0 aromatic heterocycles. The van der Waals surface area contributed by atoms with Crippen LogP contribution in [0.15, 0.2) is 60.7 Å². The standard InChI is InChI=1S/C24H15Cl5FNO2/c25-17-8-6-15(11-16(17)20(32)9-12-1-4-14(30)5-2-12)31-23(33)22-21(24(22,28)29)13-3-7-18(26)19(27)10-13/h1-8,10-11,21-22H,9H2,(H,31,33)/t21-,22+/m0/s1. The van der Waals surface area contributed by atoms with Gasteiger partial charge < -0.3 is 5.32 Å². The van der Waals surface area contributed by atoms with E-state index in [9.17, 15) is 14.0 Å². The molecule has 0 saturated heterocycles. The van der Waals surface area contributed by atoms with Gasteiger partial charge in [-0.05, 0) is 53.6 Å². The molecule has 0 heterocycles. The van der Waals surface area contributed by atoms with Crippen LogP contribution in [0.5, 0.6) is 0 Å². The second-order valence-corrected chi connectivity index (χ2v) is 10.4. The third kappa shape index (κ3) is 5.16. The Morgan fingerprint density at radius 2 is 1.55 bits per heavy atom. The van der Waals surface area contributed by atoms with Crippen LogP contribution in [0, 0.1) is 11.7 Å². The van der Waals surface area contributed by atoms with Gasteiger partial charge in [0.15, 0.2) is 5.78 Å². The van der Waals surface area contributed by atoms with Gasteiger partial charge in [0, 0.05) is 23.6 Å². The molecule has 33 heavy (non-hydrogen) atoms. The van der Waals surface area contributed by atoms with Crippen LogP contribution in [0.2, 0.25) is 15.1 Å². The molecular weight excluding hydrogens is 531 g/mol. The van der Waals surface area contributed by atoms with Gasteiger partial charge >= 0.3 is 0 Å². The molecule has 1 saturated carbocycles. The molecule has 1 N–H and O–H groups in total. The van der Waals surface area contributed by atoms with Crippen molar-refractivity contribution in [3.8, 4) is 0 Å². The number of nitrogens with one attached hydrogen (secondary N) is 1. The molecule has 0 spiro atoms. The fraction of sp³-hybridized carbons (Fsp3) is 0.167. The summed E-state index contributed by atoms with van der Waals surface area (Å²) in [5.41, 5.74) is 1.94. The number of rotatable bonds is 6. The molecule has 1 aliphatic rings. The second-order valence-electron chi connectivity index (χ2n) is 7.71. The number of anilines is 1. The number of ketones is 1. The molecule has 2 atom stereocenters. The van der Waals surface area contributed by atoms with Crippen molar-refractivity contribution >= 4 is 75.4 Å². The Hall–Kier alpha value is -1.82. The molecule has 0 radical (unpaired) electrons. The lowest BCUT2D eigenvalue weighted by atomic mass is 10.0. The van der Waals surface area contributed by atoms with Gasteiger partial charge in [-0.2, -0.15) is 0 Å². The normalized spacial score (nSPS) is 18.6. The number of carbonyl (C=O) groups excluding carboxylic acids is 2. The number of amides is 1. The van der Waals surface area contributed by atoms with E-state index in [-0.39, 0.29) is 28.6 Å².